The number of halogens is 2. The van der Waals surface area contributed by atoms with Crippen molar-refractivity contribution in [3.63, 3.8) is 0 Å². The van der Waals surface area contributed by atoms with Crippen LogP contribution in [0, 0.1) is 34.3 Å². The van der Waals surface area contributed by atoms with E-state index in [1.807, 2.05) is 6.07 Å². The number of ether oxygens (including phenoxy) is 2. The largest absolute Gasteiger partial charge is 0.381 e. The summed E-state index contributed by atoms with van der Waals surface area (Å²) < 4.78 is 41.1. The Hall–Kier alpha value is -3.98. The standard InChI is InChI=1S/C32H37F2N7O2/c1-19-13-22(16-28(37)31(19)43-10-2-8-35)24-5-9-38-18-29(24)41-32-39-17-23(40-32)3-4-27(36)30-25(33)14-21(15-26(30)34)20-6-11-42-12-7-20/h3-5,9,14-15,17-20,22,28,31,36H,2,6-7,10-13,16,37H2,1H3,(H2,39,40,41)/b4-3-,36-27?/t19-,22+,28+,31-/m0/s1. The number of pyridine rings is 1. The number of imidazole rings is 1. The number of H-pyrrole nitrogens is 1. The van der Waals surface area contributed by atoms with E-state index in [1.54, 1.807) is 24.7 Å². The Labute approximate surface area is 250 Å². The van der Waals surface area contributed by atoms with Gasteiger partial charge < -0.3 is 30.9 Å². The molecule has 0 bridgehead atoms. The number of aromatic nitrogens is 3. The van der Waals surface area contributed by atoms with E-state index in [9.17, 15) is 8.78 Å². The van der Waals surface area contributed by atoms with Crippen molar-refractivity contribution in [2.75, 3.05) is 25.1 Å². The lowest BCUT2D eigenvalue weighted by Gasteiger charge is -2.39. The molecule has 0 spiro atoms. The number of anilines is 2. The lowest BCUT2D eigenvalue weighted by molar-refractivity contribution is -0.0198. The molecular formula is C32H37F2N7O2. The van der Waals surface area contributed by atoms with Crippen LogP contribution in [-0.4, -0.2) is 52.6 Å². The van der Waals surface area contributed by atoms with Crippen LogP contribution in [0.3, 0.4) is 0 Å². The lowest BCUT2D eigenvalue weighted by Crippen LogP contribution is -2.46. The molecule has 0 radical (unpaired) electrons. The summed E-state index contributed by atoms with van der Waals surface area (Å²) in [4.78, 5) is 11.8. The molecule has 4 atom stereocenters. The fraction of sp³-hybridized carbons (Fsp3) is 0.438. The Kier molecular flexibility index (Phi) is 9.92. The van der Waals surface area contributed by atoms with E-state index in [0.29, 0.717) is 43.4 Å². The van der Waals surface area contributed by atoms with Crippen LogP contribution in [0.15, 0.2) is 42.9 Å². The van der Waals surface area contributed by atoms with Crippen molar-refractivity contribution in [2.24, 2.45) is 11.7 Å². The number of nitrogens with one attached hydrogen (secondary N) is 3. The Bertz CT molecular complexity index is 1460. The highest BCUT2D eigenvalue weighted by molar-refractivity contribution is 6.09. The molecule has 2 aliphatic rings. The SMILES string of the molecule is C[C@H]1C[C@@H](c2ccncc2Nc2ncc(/C=C\C(=N)c3c(F)cc(C4CCOCC4)cc3F)[nH]2)C[C@@H](N)[C@H]1OCCC#N. The number of hydrogen-bond donors (Lipinski definition) is 4. The first-order valence-corrected chi connectivity index (χ1v) is 14.7. The number of nitrogens with two attached hydrogens (primary N) is 1. The van der Waals surface area contributed by atoms with Crippen molar-refractivity contribution in [1.29, 1.82) is 10.7 Å². The number of hydrogen-bond acceptors (Lipinski definition) is 8. The highest BCUT2D eigenvalue weighted by Crippen LogP contribution is 2.40. The highest BCUT2D eigenvalue weighted by atomic mass is 19.1. The Morgan fingerprint density at radius 2 is 2.00 bits per heavy atom. The molecule has 1 saturated heterocycles. The molecule has 2 aromatic heterocycles. The normalized spacial score (nSPS) is 22.9. The third-order valence-corrected chi connectivity index (χ3v) is 8.32. The molecule has 2 fully saturated rings. The zero-order valence-electron chi connectivity index (χ0n) is 24.2. The van der Waals surface area contributed by atoms with Gasteiger partial charge in [-0.1, -0.05) is 6.92 Å². The van der Waals surface area contributed by atoms with Crippen molar-refractivity contribution >= 4 is 23.4 Å². The number of nitriles is 1. The van der Waals surface area contributed by atoms with Gasteiger partial charge in [0.1, 0.15) is 11.6 Å². The molecule has 9 nitrogen and oxygen atoms in total. The first-order chi connectivity index (χ1) is 20.8. The Morgan fingerprint density at radius 3 is 2.72 bits per heavy atom. The van der Waals surface area contributed by atoms with Crippen LogP contribution >= 0.6 is 0 Å². The minimum atomic E-state index is -0.746. The molecule has 1 aliphatic heterocycles. The fourth-order valence-electron chi connectivity index (χ4n) is 6.20. The smallest absolute Gasteiger partial charge is 0.205 e. The molecule has 11 heteroatoms. The second-order valence-corrected chi connectivity index (χ2v) is 11.3. The highest BCUT2D eigenvalue weighted by Gasteiger charge is 2.35. The van der Waals surface area contributed by atoms with Gasteiger partial charge >= 0.3 is 0 Å². The van der Waals surface area contributed by atoms with E-state index in [-0.39, 0.29) is 41.2 Å². The third kappa shape index (κ3) is 7.33. The minimum absolute atomic E-state index is 0.0529. The maximum Gasteiger partial charge on any atom is 0.205 e. The van der Waals surface area contributed by atoms with Crippen molar-refractivity contribution in [2.45, 2.75) is 63.0 Å². The average molecular weight is 590 g/mol. The zero-order chi connectivity index (χ0) is 30.3. The summed E-state index contributed by atoms with van der Waals surface area (Å²) in [6.45, 7) is 3.66. The summed E-state index contributed by atoms with van der Waals surface area (Å²) in [7, 11) is 0. The first kappa shape index (κ1) is 30.5. The number of benzene rings is 1. The van der Waals surface area contributed by atoms with E-state index in [2.05, 4.69) is 33.3 Å². The number of aromatic amines is 1. The molecular weight excluding hydrogens is 552 g/mol. The number of nitrogens with zero attached hydrogens (tertiary/aromatic N) is 3. The topological polar surface area (TPSA) is 146 Å². The summed E-state index contributed by atoms with van der Waals surface area (Å²) in [5, 5.41) is 20.4. The van der Waals surface area contributed by atoms with Crippen LogP contribution < -0.4 is 11.1 Å². The molecule has 0 unspecified atom stereocenters. The van der Waals surface area contributed by atoms with Crippen LogP contribution in [0.5, 0.6) is 0 Å². The minimum Gasteiger partial charge on any atom is -0.381 e. The third-order valence-electron chi connectivity index (χ3n) is 8.32. The summed E-state index contributed by atoms with van der Waals surface area (Å²) >= 11 is 0. The van der Waals surface area contributed by atoms with Crippen molar-refractivity contribution in [3.8, 4) is 6.07 Å². The zero-order valence-corrected chi connectivity index (χ0v) is 24.2. The summed E-state index contributed by atoms with van der Waals surface area (Å²) in [6.07, 6.45) is 11.3. The fourth-order valence-corrected chi connectivity index (χ4v) is 6.20. The van der Waals surface area contributed by atoms with Crippen LogP contribution in [0.1, 0.15) is 73.2 Å². The number of allylic oxidation sites excluding steroid dienone is 1. The van der Waals surface area contributed by atoms with E-state index in [0.717, 1.165) is 36.9 Å². The van der Waals surface area contributed by atoms with Crippen LogP contribution in [0.4, 0.5) is 20.4 Å². The molecule has 5 rings (SSSR count). The maximum absolute atomic E-state index is 14.9. The summed E-state index contributed by atoms with van der Waals surface area (Å²) in [5.41, 5.74) is 8.90. The van der Waals surface area contributed by atoms with Gasteiger partial charge in [0.05, 0.1) is 60.3 Å². The van der Waals surface area contributed by atoms with Crippen molar-refractivity contribution in [1.82, 2.24) is 15.0 Å². The van der Waals surface area contributed by atoms with Crippen LogP contribution in [-0.2, 0) is 9.47 Å². The van der Waals surface area contributed by atoms with Gasteiger partial charge in [-0.2, -0.15) is 5.26 Å². The van der Waals surface area contributed by atoms with Gasteiger partial charge in [-0.15, -0.1) is 0 Å². The van der Waals surface area contributed by atoms with E-state index >= 15 is 0 Å². The molecule has 5 N–H and O–H groups in total. The monoisotopic (exact) mass is 589 g/mol. The van der Waals surface area contributed by atoms with Crippen LogP contribution in [0.25, 0.3) is 6.08 Å². The van der Waals surface area contributed by atoms with Gasteiger partial charge in [0.15, 0.2) is 0 Å². The first-order valence-electron chi connectivity index (χ1n) is 14.7. The molecule has 226 valence electrons. The van der Waals surface area contributed by atoms with E-state index < -0.39 is 11.6 Å². The molecule has 0 amide bonds. The second kappa shape index (κ2) is 14.0. The predicted octanol–water partition coefficient (Wildman–Crippen LogP) is 5.94. The quantitative estimate of drug-likeness (QED) is 0.169. The average Bonchev–Trinajstić information content (AvgIpc) is 3.45. The van der Waals surface area contributed by atoms with Gasteiger partial charge in [-0.3, -0.25) is 4.98 Å². The van der Waals surface area contributed by atoms with E-state index in [4.69, 9.17) is 25.9 Å². The summed E-state index contributed by atoms with van der Waals surface area (Å²) in [5.74, 6) is -0.574. The molecule has 1 saturated carbocycles. The second-order valence-electron chi connectivity index (χ2n) is 11.3. The molecule has 1 aliphatic carbocycles. The lowest BCUT2D eigenvalue weighted by atomic mass is 9.74. The van der Waals surface area contributed by atoms with Crippen LogP contribution in [0.2, 0.25) is 0 Å². The van der Waals surface area contributed by atoms with Gasteiger partial charge in [0, 0.05) is 25.5 Å². The Balaban J connectivity index is 1.24. The van der Waals surface area contributed by atoms with E-state index in [1.165, 1.54) is 18.2 Å². The van der Waals surface area contributed by atoms with Gasteiger partial charge in [-0.05, 0) is 84.9 Å². The predicted molar refractivity (Wildman–Crippen MR) is 160 cm³/mol. The molecule has 3 aromatic rings. The summed E-state index contributed by atoms with van der Waals surface area (Å²) in [6, 6.07) is 6.60. The number of rotatable bonds is 10. The van der Waals surface area contributed by atoms with Gasteiger partial charge in [-0.25, -0.2) is 13.8 Å². The Morgan fingerprint density at radius 1 is 1.23 bits per heavy atom. The van der Waals surface area contributed by atoms with Gasteiger partial charge in [0.2, 0.25) is 5.95 Å². The molecule has 3 heterocycles. The molecule has 43 heavy (non-hydrogen) atoms. The van der Waals surface area contributed by atoms with Crippen molar-refractivity contribution in [3.05, 3.63) is 76.9 Å². The van der Waals surface area contributed by atoms with Crippen molar-refractivity contribution < 1.29 is 18.3 Å². The maximum atomic E-state index is 14.9. The molecule has 1 aromatic carbocycles. The van der Waals surface area contributed by atoms with Gasteiger partial charge in [0.25, 0.3) is 0 Å².